The Morgan fingerprint density at radius 2 is 2.00 bits per heavy atom. The topological polar surface area (TPSA) is 83.0 Å². The first-order chi connectivity index (χ1) is 10.3. The van der Waals surface area contributed by atoms with Crippen LogP contribution in [0.2, 0.25) is 0 Å². The second-order valence-corrected chi connectivity index (χ2v) is 6.16. The molecule has 0 radical (unpaired) electrons. The van der Waals surface area contributed by atoms with Gasteiger partial charge in [0.2, 0.25) is 5.91 Å². The van der Waals surface area contributed by atoms with E-state index in [-0.39, 0.29) is 12.0 Å². The van der Waals surface area contributed by atoms with Gasteiger partial charge in [-0.3, -0.25) is 4.79 Å². The number of methoxy groups -OCH3 is 1. The van der Waals surface area contributed by atoms with Crippen LogP contribution in [-0.2, 0) is 23.2 Å². The number of carbonyl (C=O) groups excluding carboxylic acids is 1. The maximum absolute atomic E-state index is 11.1. The first kappa shape index (κ1) is 16.0. The van der Waals surface area contributed by atoms with Gasteiger partial charge in [0.1, 0.15) is 11.6 Å². The molecule has 0 saturated heterocycles. The van der Waals surface area contributed by atoms with E-state index in [2.05, 4.69) is 10.1 Å². The average molecular weight is 302 g/mol. The summed E-state index contributed by atoms with van der Waals surface area (Å²) in [5, 5.41) is 4.44. The molecule has 0 fully saturated rings. The lowest BCUT2D eigenvalue weighted by molar-refractivity contribution is -0.117. The summed E-state index contributed by atoms with van der Waals surface area (Å²) in [7, 11) is 1.64. The molecular formula is C16H22N4O2. The zero-order valence-electron chi connectivity index (χ0n) is 13.5. The molecular weight excluding hydrogens is 280 g/mol. The van der Waals surface area contributed by atoms with E-state index in [1.165, 1.54) is 0 Å². The number of hydrogen-bond donors (Lipinski definition) is 1. The summed E-state index contributed by atoms with van der Waals surface area (Å²) in [6.45, 7) is 6.13. The summed E-state index contributed by atoms with van der Waals surface area (Å²) in [4.78, 5) is 15.6. The van der Waals surface area contributed by atoms with E-state index in [0.717, 1.165) is 17.1 Å². The van der Waals surface area contributed by atoms with E-state index >= 15 is 0 Å². The van der Waals surface area contributed by atoms with Crippen LogP contribution in [-0.4, -0.2) is 27.8 Å². The fraction of sp³-hybridized carbons (Fsp3) is 0.438. The molecule has 1 aromatic heterocycles. The lowest BCUT2D eigenvalue weighted by Gasteiger charge is -2.21. The normalized spacial score (nSPS) is 11.5. The van der Waals surface area contributed by atoms with Crippen molar-refractivity contribution >= 4 is 5.91 Å². The summed E-state index contributed by atoms with van der Waals surface area (Å²) in [6, 6.07) is 7.79. The predicted octanol–water partition coefficient (Wildman–Crippen LogP) is 1.66. The molecule has 0 atom stereocenters. The van der Waals surface area contributed by atoms with E-state index < -0.39 is 5.91 Å². The van der Waals surface area contributed by atoms with Crippen LogP contribution in [0.4, 0.5) is 0 Å². The predicted molar refractivity (Wildman–Crippen MR) is 83.7 cm³/mol. The van der Waals surface area contributed by atoms with Crippen molar-refractivity contribution in [2.75, 3.05) is 7.11 Å². The molecule has 2 N–H and O–H groups in total. The second-order valence-electron chi connectivity index (χ2n) is 6.16. The third-order valence-electron chi connectivity index (χ3n) is 3.23. The van der Waals surface area contributed by atoms with Gasteiger partial charge in [0.25, 0.3) is 0 Å². The third kappa shape index (κ3) is 3.63. The third-order valence-corrected chi connectivity index (χ3v) is 3.23. The van der Waals surface area contributed by atoms with Crippen molar-refractivity contribution < 1.29 is 9.53 Å². The minimum atomic E-state index is -0.435. The molecule has 6 nitrogen and oxygen atoms in total. The minimum Gasteiger partial charge on any atom is -0.496 e. The molecule has 2 rings (SSSR count). The summed E-state index contributed by atoms with van der Waals surface area (Å²) in [6.07, 6.45) is 0.620. The molecule has 1 aromatic carbocycles. The number of nitrogens with zero attached hydrogens (tertiary/aromatic N) is 3. The summed E-state index contributed by atoms with van der Waals surface area (Å²) in [5.41, 5.74) is 6.03. The fourth-order valence-corrected chi connectivity index (χ4v) is 2.29. The highest BCUT2D eigenvalue weighted by molar-refractivity contribution is 5.75. The van der Waals surface area contributed by atoms with Crippen LogP contribution >= 0.6 is 0 Å². The highest BCUT2D eigenvalue weighted by Crippen LogP contribution is 2.23. The quantitative estimate of drug-likeness (QED) is 0.910. The molecule has 0 aliphatic rings. The number of rotatable bonds is 5. The average Bonchev–Trinajstić information content (AvgIpc) is 2.81. The number of ether oxygens (including phenoxy) is 1. The van der Waals surface area contributed by atoms with E-state index in [4.69, 9.17) is 10.5 Å². The Bertz CT molecular complexity index is 671. The van der Waals surface area contributed by atoms with Crippen molar-refractivity contribution in [1.29, 1.82) is 0 Å². The van der Waals surface area contributed by atoms with Gasteiger partial charge in [-0.2, -0.15) is 5.10 Å². The summed E-state index contributed by atoms with van der Waals surface area (Å²) >= 11 is 0. The van der Waals surface area contributed by atoms with Crippen LogP contribution < -0.4 is 10.5 Å². The summed E-state index contributed by atoms with van der Waals surface area (Å²) < 4.78 is 7.23. The van der Waals surface area contributed by atoms with Crippen LogP contribution in [0.5, 0.6) is 5.75 Å². The number of para-hydroxylation sites is 1. The Hall–Kier alpha value is -2.37. The maximum atomic E-state index is 11.1. The van der Waals surface area contributed by atoms with Crippen molar-refractivity contribution in [1.82, 2.24) is 14.8 Å². The maximum Gasteiger partial charge on any atom is 0.225 e. The van der Waals surface area contributed by atoms with Gasteiger partial charge in [-0.1, -0.05) is 18.2 Å². The molecule has 1 amide bonds. The van der Waals surface area contributed by atoms with Gasteiger partial charge in [-0.05, 0) is 26.8 Å². The van der Waals surface area contributed by atoms with Crippen molar-refractivity contribution in [3.8, 4) is 5.75 Å². The van der Waals surface area contributed by atoms with Gasteiger partial charge < -0.3 is 10.5 Å². The lowest BCUT2D eigenvalue weighted by Crippen LogP contribution is -2.26. The zero-order chi connectivity index (χ0) is 16.3. The fourth-order valence-electron chi connectivity index (χ4n) is 2.29. The largest absolute Gasteiger partial charge is 0.496 e. The molecule has 2 aromatic rings. The van der Waals surface area contributed by atoms with Crippen molar-refractivity contribution in [2.45, 2.75) is 39.2 Å². The van der Waals surface area contributed by atoms with Gasteiger partial charge in [0, 0.05) is 12.0 Å². The van der Waals surface area contributed by atoms with Gasteiger partial charge in [0.15, 0.2) is 5.82 Å². The van der Waals surface area contributed by atoms with E-state index in [9.17, 15) is 4.79 Å². The van der Waals surface area contributed by atoms with E-state index in [1.54, 1.807) is 7.11 Å². The Labute approximate surface area is 130 Å². The first-order valence-corrected chi connectivity index (χ1v) is 7.16. The number of carbonyl (C=O) groups is 1. The van der Waals surface area contributed by atoms with Gasteiger partial charge in [0.05, 0.1) is 19.1 Å². The summed E-state index contributed by atoms with van der Waals surface area (Å²) in [5.74, 6) is 1.61. The molecule has 6 heteroatoms. The zero-order valence-corrected chi connectivity index (χ0v) is 13.5. The Morgan fingerprint density at radius 1 is 1.32 bits per heavy atom. The Kier molecular flexibility index (Phi) is 4.49. The highest BCUT2D eigenvalue weighted by atomic mass is 16.5. The van der Waals surface area contributed by atoms with Crippen LogP contribution in [0.1, 0.15) is 38.0 Å². The minimum absolute atomic E-state index is 0.0437. The monoisotopic (exact) mass is 302 g/mol. The van der Waals surface area contributed by atoms with E-state index in [1.807, 2.05) is 49.7 Å². The first-order valence-electron chi connectivity index (χ1n) is 7.16. The number of benzene rings is 1. The second kappa shape index (κ2) is 6.17. The van der Waals surface area contributed by atoms with E-state index in [0.29, 0.717) is 12.2 Å². The highest BCUT2D eigenvalue weighted by Gasteiger charge is 2.22. The number of nitrogens with two attached hydrogens (primary N) is 1. The molecule has 118 valence electrons. The SMILES string of the molecule is COc1ccccc1Cc1nc(CC(N)=O)nn1C(C)(C)C. The van der Waals surface area contributed by atoms with Crippen LogP contribution in [0.3, 0.4) is 0 Å². The van der Waals surface area contributed by atoms with Crippen LogP contribution in [0.15, 0.2) is 24.3 Å². The van der Waals surface area contributed by atoms with Crippen LogP contribution in [0, 0.1) is 0 Å². The standard InChI is InChI=1S/C16H22N4O2/c1-16(2,3)20-15(18-14(19-20)10-13(17)21)9-11-7-5-6-8-12(11)22-4/h5-8H,9-10H2,1-4H3,(H2,17,21). The van der Waals surface area contributed by atoms with Gasteiger partial charge >= 0.3 is 0 Å². The molecule has 0 saturated carbocycles. The smallest absolute Gasteiger partial charge is 0.225 e. The molecule has 1 heterocycles. The Morgan fingerprint density at radius 3 is 2.59 bits per heavy atom. The molecule has 0 spiro atoms. The number of primary amides is 1. The van der Waals surface area contributed by atoms with Crippen molar-refractivity contribution in [3.05, 3.63) is 41.5 Å². The van der Waals surface area contributed by atoms with Crippen molar-refractivity contribution in [2.24, 2.45) is 5.73 Å². The Balaban J connectivity index is 2.40. The number of amides is 1. The molecule has 0 aliphatic carbocycles. The molecule has 0 bridgehead atoms. The lowest BCUT2D eigenvalue weighted by atomic mass is 10.1. The molecule has 0 aliphatic heterocycles. The number of hydrogen-bond acceptors (Lipinski definition) is 4. The molecule has 0 unspecified atom stereocenters. The number of aromatic nitrogens is 3. The van der Waals surface area contributed by atoms with Crippen molar-refractivity contribution in [3.63, 3.8) is 0 Å². The van der Waals surface area contributed by atoms with Gasteiger partial charge in [-0.25, -0.2) is 9.67 Å². The molecule has 22 heavy (non-hydrogen) atoms. The van der Waals surface area contributed by atoms with Gasteiger partial charge in [-0.15, -0.1) is 0 Å². The van der Waals surface area contributed by atoms with Crippen LogP contribution in [0.25, 0.3) is 0 Å².